The highest BCUT2D eigenvalue weighted by Gasteiger charge is 2.28. The fourth-order valence-corrected chi connectivity index (χ4v) is 3.76. The minimum Gasteiger partial charge on any atom is -0.462 e. The lowest BCUT2D eigenvalue weighted by molar-refractivity contribution is 0.0403. The highest BCUT2D eigenvalue weighted by Crippen LogP contribution is 2.22. The fraction of sp³-hybridized carbons (Fsp3) is 0.455. The summed E-state index contributed by atoms with van der Waals surface area (Å²) in [6.07, 6.45) is 5.57. The van der Waals surface area contributed by atoms with E-state index in [2.05, 4.69) is 0 Å². The first-order valence-corrected chi connectivity index (χ1v) is 9.78. The molecule has 28 heavy (non-hydrogen) atoms. The predicted octanol–water partition coefficient (Wildman–Crippen LogP) is 3.41. The van der Waals surface area contributed by atoms with Crippen LogP contribution in [0.5, 0.6) is 0 Å². The van der Waals surface area contributed by atoms with E-state index in [4.69, 9.17) is 9.47 Å². The van der Waals surface area contributed by atoms with Gasteiger partial charge in [0.1, 0.15) is 5.69 Å². The van der Waals surface area contributed by atoms with Crippen LogP contribution in [0, 0.1) is 0 Å². The molecule has 0 N–H and O–H groups in total. The van der Waals surface area contributed by atoms with E-state index >= 15 is 0 Å². The van der Waals surface area contributed by atoms with Crippen LogP contribution in [-0.4, -0.2) is 47.6 Å². The van der Waals surface area contributed by atoms with Gasteiger partial charge in [0.15, 0.2) is 0 Å². The van der Waals surface area contributed by atoms with Gasteiger partial charge in [-0.25, -0.2) is 4.79 Å². The van der Waals surface area contributed by atoms with Gasteiger partial charge in [0, 0.05) is 39.4 Å². The molecule has 1 aromatic carbocycles. The molecular formula is C22H28N2O4. The number of esters is 1. The van der Waals surface area contributed by atoms with Crippen molar-refractivity contribution in [1.29, 1.82) is 0 Å². The minimum absolute atomic E-state index is 0.0500. The molecule has 0 aliphatic carbocycles. The number of aromatic nitrogens is 1. The smallest absolute Gasteiger partial charge is 0.338 e. The maximum atomic E-state index is 12.9. The summed E-state index contributed by atoms with van der Waals surface area (Å²) >= 11 is 0. The molecule has 1 aliphatic heterocycles. The number of piperidine rings is 1. The number of carbonyl (C=O) groups is 2. The van der Waals surface area contributed by atoms with Crippen LogP contribution < -0.4 is 0 Å². The fourth-order valence-electron chi connectivity index (χ4n) is 3.76. The van der Waals surface area contributed by atoms with Crippen LogP contribution in [0.4, 0.5) is 0 Å². The molecule has 2 aromatic rings. The van der Waals surface area contributed by atoms with E-state index in [1.807, 2.05) is 53.0 Å². The minimum atomic E-state index is -0.344. The van der Waals surface area contributed by atoms with Gasteiger partial charge in [-0.15, -0.1) is 0 Å². The monoisotopic (exact) mass is 384 g/mol. The summed E-state index contributed by atoms with van der Waals surface area (Å²) in [5.74, 6) is -0.294. The molecule has 0 spiro atoms. The normalized spacial score (nSPS) is 16.8. The van der Waals surface area contributed by atoms with Crippen LogP contribution in [0.25, 0.3) is 0 Å². The summed E-state index contributed by atoms with van der Waals surface area (Å²) in [4.78, 5) is 27.3. The lowest BCUT2D eigenvalue weighted by Gasteiger charge is -2.35. The van der Waals surface area contributed by atoms with E-state index in [9.17, 15) is 9.59 Å². The van der Waals surface area contributed by atoms with Crippen molar-refractivity contribution >= 4 is 11.9 Å². The standard InChI is InChI=1S/C22H28N2O4/c1-23-13-7-11-20(23)21(25)24-14-6-5-9-18(24)12-15-28-22(26)19-10-4-3-8-17(19)16-27-2/h3-4,7-8,10-11,13,18H,5-6,9,12,14-16H2,1-2H3. The molecule has 1 unspecified atom stereocenters. The van der Waals surface area contributed by atoms with Gasteiger partial charge in [-0.1, -0.05) is 18.2 Å². The summed E-state index contributed by atoms with van der Waals surface area (Å²) < 4.78 is 12.5. The Morgan fingerprint density at radius 2 is 1.96 bits per heavy atom. The third-order valence-corrected chi connectivity index (χ3v) is 5.27. The Bertz CT molecular complexity index is 814. The van der Waals surface area contributed by atoms with Crippen LogP contribution in [0.15, 0.2) is 42.6 Å². The molecule has 0 radical (unpaired) electrons. The number of rotatable bonds is 7. The quantitative estimate of drug-likeness (QED) is 0.687. The van der Waals surface area contributed by atoms with Gasteiger partial charge in [-0.2, -0.15) is 0 Å². The van der Waals surface area contributed by atoms with Crippen molar-refractivity contribution in [3.63, 3.8) is 0 Å². The number of carbonyl (C=O) groups excluding carboxylic acids is 2. The number of ether oxygens (including phenoxy) is 2. The Morgan fingerprint density at radius 3 is 2.71 bits per heavy atom. The molecule has 0 bridgehead atoms. The van der Waals surface area contributed by atoms with E-state index in [1.165, 1.54) is 0 Å². The molecular weight excluding hydrogens is 356 g/mol. The first kappa shape index (κ1) is 20.1. The molecule has 1 saturated heterocycles. The lowest BCUT2D eigenvalue weighted by Crippen LogP contribution is -2.44. The molecule has 1 aromatic heterocycles. The Morgan fingerprint density at radius 1 is 1.14 bits per heavy atom. The summed E-state index contributed by atoms with van der Waals surface area (Å²) in [5.41, 5.74) is 2.04. The van der Waals surface area contributed by atoms with Crippen LogP contribution in [0.3, 0.4) is 0 Å². The average Bonchev–Trinajstić information content (AvgIpc) is 3.14. The summed E-state index contributed by atoms with van der Waals surface area (Å²) in [6, 6.07) is 11.1. The van der Waals surface area contributed by atoms with Crippen molar-refractivity contribution in [3.8, 4) is 0 Å². The second-order valence-electron chi connectivity index (χ2n) is 7.17. The maximum Gasteiger partial charge on any atom is 0.338 e. The van der Waals surface area contributed by atoms with Crippen LogP contribution in [-0.2, 0) is 23.1 Å². The number of likely N-dealkylation sites (tertiary alicyclic amines) is 1. The third-order valence-electron chi connectivity index (χ3n) is 5.27. The van der Waals surface area contributed by atoms with Crippen molar-refractivity contribution in [2.75, 3.05) is 20.3 Å². The van der Waals surface area contributed by atoms with Gasteiger partial charge in [0.05, 0.1) is 18.8 Å². The molecule has 1 amide bonds. The van der Waals surface area contributed by atoms with Gasteiger partial charge in [0.2, 0.25) is 0 Å². The number of hydrogen-bond acceptors (Lipinski definition) is 4. The average molecular weight is 384 g/mol. The number of nitrogens with zero attached hydrogens (tertiary/aromatic N) is 2. The molecule has 1 aliphatic rings. The van der Waals surface area contributed by atoms with E-state index in [0.29, 0.717) is 30.9 Å². The molecule has 2 heterocycles. The number of benzene rings is 1. The molecule has 6 heteroatoms. The number of hydrogen-bond donors (Lipinski definition) is 0. The van der Waals surface area contributed by atoms with E-state index in [1.54, 1.807) is 13.2 Å². The van der Waals surface area contributed by atoms with Crippen molar-refractivity contribution < 1.29 is 19.1 Å². The summed E-state index contributed by atoms with van der Waals surface area (Å²) in [6.45, 7) is 1.41. The zero-order chi connectivity index (χ0) is 19.9. The molecule has 150 valence electrons. The molecule has 0 saturated carbocycles. The zero-order valence-electron chi connectivity index (χ0n) is 16.6. The van der Waals surface area contributed by atoms with Crippen LogP contribution in [0.1, 0.15) is 52.1 Å². The Labute approximate surface area is 166 Å². The van der Waals surface area contributed by atoms with E-state index in [0.717, 1.165) is 31.4 Å². The van der Waals surface area contributed by atoms with Crippen molar-refractivity contribution in [2.45, 2.75) is 38.3 Å². The highest BCUT2D eigenvalue weighted by molar-refractivity contribution is 5.93. The van der Waals surface area contributed by atoms with E-state index < -0.39 is 0 Å². The van der Waals surface area contributed by atoms with Gasteiger partial charge >= 0.3 is 5.97 Å². The number of aryl methyl sites for hydroxylation is 1. The van der Waals surface area contributed by atoms with Gasteiger partial charge < -0.3 is 18.9 Å². The highest BCUT2D eigenvalue weighted by atomic mass is 16.5. The lowest BCUT2D eigenvalue weighted by atomic mass is 9.99. The molecule has 6 nitrogen and oxygen atoms in total. The number of methoxy groups -OCH3 is 1. The van der Waals surface area contributed by atoms with Gasteiger partial charge in [0.25, 0.3) is 5.91 Å². The Balaban J connectivity index is 1.59. The Hall–Kier alpha value is -2.60. The van der Waals surface area contributed by atoms with Crippen LogP contribution >= 0.6 is 0 Å². The van der Waals surface area contributed by atoms with Crippen molar-refractivity contribution in [3.05, 3.63) is 59.4 Å². The summed E-state index contributed by atoms with van der Waals surface area (Å²) in [7, 11) is 3.48. The maximum absolute atomic E-state index is 12.9. The Kier molecular flexibility index (Phi) is 6.87. The first-order valence-electron chi connectivity index (χ1n) is 9.78. The largest absolute Gasteiger partial charge is 0.462 e. The van der Waals surface area contributed by atoms with Crippen molar-refractivity contribution in [1.82, 2.24) is 9.47 Å². The zero-order valence-corrected chi connectivity index (χ0v) is 16.6. The van der Waals surface area contributed by atoms with Gasteiger partial charge in [-0.05, 0) is 43.0 Å². The van der Waals surface area contributed by atoms with Crippen LogP contribution in [0.2, 0.25) is 0 Å². The van der Waals surface area contributed by atoms with E-state index in [-0.39, 0.29) is 17.9 Å². The summed E-state index contributed by atoms with van der Waals surface area (Å²) in [5, 5.41) is 0. The second kappa shape index (κ2) is 9.55. The topological polar surface area (TPSA) is 60.8 Å². The molecule has 1 atom stereocenters. The first-order chi connectivity index (χ1) is 13.6. The number of amides is 1. The third kappa shape index (κ3) is 4.62. The predicted molar refractivity (Wildman–Crippen MR) is 106 cm³/mol. The van der Waals surface area contributed by atoms with Gasteiger partial charge in [-0.3, -0.25) is 4.79 Å². The second-order valence-corrected chi connectivity index (χ2v) is 7.17. The van der Waals surface area contributed by atoms with Crippen molar-refractivity contribution in [2.24, 2.45) is 7.05 Å². The molecule has 3 rings (SSSR count). The SMILES string of the molecule is COCc1ccccc1C(=O)OCCC1CCCCN1C(=O)c1cccn1C. The molecule has 1 fully saturated rings.